The molecule has 1 atom stereocenters. The van der Waals surface area contributed by atoms with Crippen molar-refractivity contribution >= 4 is 11.9 Å². The van der Waals surface area contributed by atoms with Gasteiger partial charge in [-0.3, -0.25) is 4.79 Å². The Bertz CT molecular complexity index is 479. The topological polar surface area (TPSA) is 86.6 Å². The van der Waals surface area contributed by atoms with Crippen molar-refractivity contribution in [1.82, 2.24) is 5.32 Å². The van der Waals surface area contributed by atoms with E-state index in [0.29, 0.717) is 5.56 Å². The number of aliphatic hydroxyl groups is 1. The molecule has 3 N–H and O–H groups in total. The number of aliphatic hydroxyl groups excluding tert-OH is 1. The summed E-state index contributed by atoms with van der Waals surface area (Å²) in [7, 11) is 0. The van der Waals surface area contributed by atoms with Gasteiger partial charge in [-0.2, -0.15) is 0 Å². The van der Waals surface area contributed by atoms with Gasteiger partial charge in [-0.1, -0.05) is 6.07 Å². The highest BCUT2D eigenvalue weighted by Crippen LogP contribution is 2.10. The fraction of sp³-hybridized carbons (Fsp3) is 0.333. The Morgan fingerprint density at radius 3 is 2.47 bits per heavy atom. The first-order chi connectivity index (χ1) is 8.93. The number of halogens is 2. The predicted octanol–water partition coefficient (Wildman–Crippen LogP) is 0.459. The first kappa shape index (κ1) is 15.0. The largest absolute Gasteiger partial charge is 0.480 e. The molecule has 0 unspecified atom stereocenters. The van der Waals surface area contributed by atoms with Gasteiger partial charge in [0, 0.05) is 6.42 Å². The van der Waals surface area contributed by atoms with Gasteiger partial charge < -0.3 is 15.5 Å². The number of carboxylic acid groups (broad SMARTS) is 1. The fourth-order valence-corrected chi connectivity index (χ4v) is 1.40. The molecular weight excluding hydrogens is 260 g/mol. The number of aliphatic carboxylic acids is 1. The SMILES string of the molecule is O=C(CCc1ccc(F)c(F)c1)N[C@@H](CO)C(=O)O. The number of nitrogens with one attached hydrogen (secondary N) is 1. The van der Waals surface area contributed by atoms with Crippen LogP contribution in [0, 0.1) is 11.6 Å². The number of carboxylic acids is 1. The summed E-state index contributed by atoms with van der Waals surface area (Å²) in [6.07, 6.45) is 0.0512. The summed E-state index contributed by atoms with van der Waals surface area (Å²) in [4.78, 5) is 21.9. The summed E-state index contributed by atoms with van der Waals surface area (Å²) in [6, 6.07) is 1.91. The number of carbonyl (C=O) groups is 2. The van der Waals surface area contributed by atoms with Crippen LogP contribution in [0.5, 0.6) is 0 Å². The molecule has 0 bridgehead atoms. The molecular formula is C12H13F2NO4. The van der Waals surface area contributed by atoms with Crippen molar-refractivity contribution in [3.63, 3.8) is 0 Å². The lowest BCUT2D eigenvalue weighted by molar-refractivity contribution is -0.142. The lowest BCUT2D eigenvalue weighted by Crippen LogP contribution is -2.43. The summed E-state index contributed by atoms with van der Waals surface area (Å²) in [5.74, 6) is -3.91. The third-order valence-electron chi connectivity index (χ3n) is 2.44. The zero-order valence-electron chi connectivity index (χ0n) is 9.90. The number of hydrogen-bond acceptors (Lipinski definition) is 3. The van der Waals surface area contributed by atoms with E-state index >= 15 is 0 Å². The van der Waals surface area contributed by atoms with Crippen LogP contribution < -0.4 is 5.32 Å². The van der Waals surface area contributed by atoms with Crippen molar-refractivity contribution in [2.24, 2.45) is 0 Å². The van der Waals surface area contributed by atoms with Crippen LogP contribution in [-0.4, -0.2) is 34.7 Å². The summed E-state index contributed by atoms with van der Waals surface area (Å²) < 4.78 is 25.5. The van der Waals surface area contributed by atoms with Crippen molar-refractivity contribution in [2.45, 2.75) is 18.9 Å². The number of aryl methyl sites for hydroxylation is 1. The number of benzene rings is 1. The molecule has 0 heterocycles. The average Bonchev–Trinajstić information content (AvgIpc) is 2.37. The first-order valence-electron chi connectivity index (χ1n) is 5.51. The van der Waals surface area contributed by atoms with Gasteiger partial charge in [-0.05, 0) is 24.1 Å². The molecule has 1 aromatic rings. The molecule has 0 fully saturated rings. The average molecular weight is 273 g/mol. The highest BCUT2D eigenvalue weighted by molar-refractivity contribution is 5.83. The second-order valence-corrected chi connectivity index (χ2v) is 3.89. The Kier molecular flexibility index (Phi) is 5.37. The zero-order valence-corrected chi connectivity index (χ0v) is 9.90. The molecule has 0 aliphatic heterocycles. The molecule has 1 aromatic carbocycles. The zero-order chi connectivity index (χ0) is 14.4. The summed E-state index contributed by atoms with van der Waals surface area (Å²) >= 11 is 0. The molecule has 19 heavy (non-hydrogen) atoms. The summed E-state index contributed by atoms with van der Waals surface area (Å²) in [5.41, 5.74) is 0.421. The van der Waals surface area contributed by atoms with E-state index in [9.17, 15) is 18.4 Å². The van der Waals surface area contributed by atoms with Crippen LogP contribution in [-0.2, 0) is 16.0 Å². The van der Waals surface area contributed by atoms with Crippen molar-refractivity contribution in [2.75, 3.05) is 6.61 Å². The molecule has 0 aromatic heterocycles. The number of rotatable bonds is 6. The van der Waals surface area contributed by atoms with Gasteiger partial charge in [-0.25, -0.2) is 13.6 Å². The minimum atomic E-state index is -1.36. The second-order valence-electron chi connectivity index (χ2n) is 3.89. The molecule has 5 nitrogen and oxygen atoms in total. The van der Waals surface area contributed by atoms with Crippen LogP contribution >= 0.6 is 0 Å². The van der Waals surface area contributed by atoms with E-state index in [0.717, 1.165) is 12.1 Å². The van der Waals surface area contributed by atoms with E-state index in [2.05, 4.69) is 5.32 Å². The van der Waals surface area contributed by atoms with Crippen molar-refractivity contribution in [3.05, 3.63) is 35.4 Å². The fourth-order valence-electron chi connectivity index (χ4n) is 1.40. The molecule has 1 amide bonds. The summed E-state index contributed by atoms with van der Waals surface area (Å²) in [5, 5.41) is 19.4. The van der Waals surface area contributed by atoms with Gasteiger partial charge in [0.1, 0.15) is 6.04 Å². The molecule has 7 heteroatoms. The van der Waals surface area contributed by atoms with Crippen LogP contribution in [0.2, 0.25) is 0 Å². The Morgan fingerprint density at radius 2 is 1.95 bits per heavy atom. The highest BCUT2D eigenvalue weighted by Gasteiger charge is 2.18. The third-order valence-corrected chi connectivity index (χ3v) is 2.44. The van der Waals surface area contributed by atoms with Gasteiger partial charge >= 0.3 is 5.97 Å². The summed E-state index contributed by atoms with van der Waals surface area (Å²) in [6.45, 7) is -0.716. The first-order valence-corrected chi connectivity index (χ1v) is 5.51. The monoisotopic (exact) mass is 273 g/mol. The van der Waals surface area contributed by atoms with Gasteiger partial charge in [0.05, 0.1) is 6.61 Å². The maximum Gasteiger partial charge on any atom is 0.328 e. The van der Waals surface area contributed by atoms with Crippen LogP contribution in [0.3, 0.4) is 0 Å². The van der Waals surface area contributed by atoms with Crippen LogP contribution in [0.15, 0.2) is 18.2 Å². The second kappa shape index (κ2) is 6.79. The number of hydrogen-bond donors (Lipinski definition) is 3. The predicted molar refractivity (Wildman–Crippen MR) is 61.3 cm³/mol. The van der Waals surface area contributed by atoms with E-state index in [1.807, 2.05) is 0 Å². The highest BCUT2D eigenvalue weighted by atomic mass is 19.2. The normalized spacial score (nSPS) is 11.9. The van der Waals surface area contributed by atoms with Gasteiger partial charge in [-0.15, -0.1) is 0 Å². The van der Waals surface area contributed by atoms with Crippen molar-refractivity contribution in [3.8, 4) is 0 Å². The Hall–Kier alpha value is -2.02. The molecule has 1 rings (SSSR count). The number of carbonyl (C=O) groups excluding carboxylic acids is 1. The van der Waals surface area contributed by atoms with E-state index in [1.54, 1.807) is 0 Å². The van der Waals surface area contributed by atoms with Gasteiger partial charge in [0.25, 0.3) is 0 Å². The molecule has 0 radical (unpaired) electrons. The Balaban J connectivity index is 2.49. The molecule has 0 saturated carbocycles. The molecule has 104 valence electrons. The lowest BCUT2D eigenvalue weighted by atomic mass is 10.1. The molecule has 0 saturated heterocycles. The van der Waals surface area contributed by atoms with E-state index in [4.69, 9.17) is 10.2 Å². The van der Waals surface area contributed by atoms with Crippen molar-refractivity contribution in [1.29, 1.82) is 0 Å². The minimum Gasteiger partial charge on any atom is -0.480 e. The molecule has 0 aliphatic carbocycles. The van der Waals surface area contributed by atoms with E-state index in [1.165, 1.54) is 6.07 Å². The van der Waals surface area contributed by atoms with Crippen LogP contribution in [0.25, 0.3) is 0 Å². The lowest BCUT2D eigenvalue weighted by Gasteiger charge is -2.11. The van der Waals surface area contributed by atoms with Crippen LogP contribution in [0.4, 0.5) is 8.78 Å². The maximum absolute atomic E-state index is 12.9. The smallest absolute Gasteiger partial charge is 0.328 e. The Morgan fingerprint density at radius 1 is 1.26 bits per heavy atom. The standard InChI is InChI=1S/C12H13F2NO4/c13-8-3-1-7(5-9(8)14)2-4-11(17)15-10(6-16)12(18)19/h1,3,5,10,16H,2,4,6H2,(H,15,17)(H,18,19)/t10-/m0/s1. The Labute approximate surface area is 107 Å². The van der Waals surface area contributed by atoms with Gasteiger partial charge in [0.15, 0.2) is 11.6 Å². The molecule has 0 spiro atoms. The number of amides is 1. The van der Waals surface area contributed by atoms with E-state index in [-0.39, 0.29) is 12.8 Å². The van der Waals surface area contributed by atoms with E-state index < -0.39 is 36.2 Å². The maximum atomic E-state index is 12.9. The minimum absolute atomic E-state index is 0.0884. The van der Waals surface area contributed by atoms with Crippen molar-refractivity contribution < 1.29 is 28.6 Å². The van der Waals surface area contributed by atoms with Gasteiger partial charge in [0.2, 0.25) is 5.91 Å². The molecule has 0 aliphatic rings. The third kappa shape index (κ3) is 4.63. The quantitative estimate of drug-likeness (QED) is 0.702. The van der Waals surface area contributed by atoms with Crippen LogP contribution in [0.1, 0.15) is 12.0 Å².